The van der Waals surface area contributed by atoms with Gasteiger partial charge in [-0.05, 0) is 36.1 Å². The molecule has 2 nitrogen and oxygen atoms in total. The van der Waals surface area contributed by atoms with Gasteiger partial charge in [0.2, 0.25) is 0 Å². The molecule has 96 valence electrons. The molecule has 2 rings (SSSR count). The van der Waals surface area contributed by atoms with Crippen LogP contribution < -0.4 is 5.32 Å². The van der Waals surface area contributed by atoms with E-state index in [1.165, 1.54) is 0 Å². The molecule has 1 unspecified atom stereocenters. The number of nitriles is 1. The fraction of sp³-hybridized carbons (Fsp3) is 0.417. The average molecular weight is 319 g/mol. The van der Waals surface area contributed by atoms with Crippen molar-refractivity contribution in [3.63, 3.8) is 0 Å². The van der Waals surface area contributed by atoms with Crippen molar-refractivity contribution in [2.45, 2.75) is 24.6 Å². The second kappa shape index (κ2) is 4.56. The molecule has 0 aliphatic heterocycles. The number of rotatable bonds is 2. The summed E-state index contributed by atoms with van der Waals surface area (Å²) in [5, 5.41) is 11.6. The van der Waals surface area contributed by atoms with Gasteiger partial charge in [0.15, 0.2) is 0 Å². The minimum atomic E-state index is -4.32. The number of hydrogen-bond donors (Lipinski definition) is 1. The first-order valence-electron chi connectivity index (χ1n) is 5.38. The van der Waals surface area contributed by atoms with Gasteiger partial charge >= 0.3 is 6.18 Å². The van der Waals surface area contributed by atoms with Crippen LogP contribution in [-0.4, -0.2) is 12.7 Å². The zero-order chi connectivity index (χ0) is 13.4. The van der Waals surface area contributed by atoms with E-state index in [0.29, 0.717) is 18.4 Å². The van der Waals surface area contributed by atoms with Gasteiger partial charge in [-0.15, -0.1) is 0 Å². The number of benzene rings is 1. The van der Waals surface area contributed by atoms with E-state index in [0.717, 1.165) is 10.0 Å². The van der Waals surface area contributed by atoms with Crippen LogP contribution in [0.1, 0.15) is 17.5 Å². The van der Waals surface area contributed by atoms with Gasteiger partial charge in [-0.25, -0.2) is 0 Å². The van der Waals surface area contributed by atoms with Gasteiger partial charge in [-0.1, -0.05) is 22.0 Å². The highest BCUT2D eigenvalue weighted by atomic mass is 79.9. The summed E-state index contributed by atoms with van der Waals surface area (Å²) in [4.78, 5) is 0. The van der Waals surface area contributed by atoms with Crippen LogP contribution in [0.15, 0.2) is 22.7 Å². The van der Waals surface area contributed by atoms with E-state index in [2.05, 4.69) is 21.2 Å². The van der Waals surface area contributed by atoms with Crippen molar-refractivity contribution in [2.24, 2.45) is 0 Å². The molecule has 1 aromatic rings. The van der Waals surface area contributed by atoms with Gasteiger partial charge in [0.05, 0.1) is 12.6 Å². The fourth-order valence-electron chi connectivity index (χ4n) is 2.23. The molecule has 0 spiro atoms. The SMILES string of the molecule is N#CC1(NCC(F)(F)F)CCc2cc(Br)ccc21. The molecule has 1 atom stereocenters. The first-order chi connectivity index (χ1) is 8.36. The van der Waals surface area contributed by atoms with E-state index in [1.807, 2.05) is 12.1 Å². The Hall–Kier alpha value is -1.06. The van der Waals surface area contributed by atoms with E-state index in [-0.39, 0.29) is 0 Å². The molecule has 0 saturated carbocycles. The lowest BCUT2D eigenvalue weighted by Crippen LogP contribution is -2.44. The molecule has 1 N–H and O–H groups in total. The summed E-state index contributed by atoms with van der Waals surface area (Å²) >= 11 is 3.31. The zero-order valence-electron chi connectivity index (χ0n) is 9.31. The zero-order valence-corrected chi connectivity index (χ0v) is 10.9. The van der Waals surface area contributed by atoms with Crippen LogP contribution in [-0.2, 0) is 12.0 Å². The van der Waals surface area contributed by atoms with Crippen molar-refractivity contribution in [3.05, 3.63) is 33.8 Å². The van der Waals surface area contributed by atoms with Crippen LogP contribution in [0, 0.1) is 11.3 Å². The Morgan fingerprint density at radius 3 is 2.78 bits per heavy atom. The highest BCUT2D eigenvalue weighted by Crippen LogP contribution is 2.38. The van der Waals surface area contributed by atoms with Crippen molar-refractivity contribution in [3.8, 4) is 6.07 Å². The number of halogens is 4. The molecule has 6 heteroatoms. The third-order valence-electron chi connectivity index (χ3n) is 3.08. The highest BCUT2D eigenvalue weighted by molar-refractivity contribution is 9.10. The van der Waals surface area contributed by atoms with Crippen LogP contribution in [0.5, 0.6) is 0 Å². The van der Waals surface area contributed by atoms with Gasteiger partial charge in [0, 0.05) is 4.47 Å². The van der Waals surface area contributed by atoms with Gasteiger partial charge in [0.25, 0.3) is 0 Å². The number of nitrogens with one attached hydrogen (secondary N) is 1. The summed E-state index contributed by atoms with van der Waals surface area (Å²) in [5.74, 6) is 0. The van der Waals surface area contributed by atoms with E-state index >= 15 is 0 Å². The number of nitrogens with zero attached hydrogens (tertiary/aromatic N) is 1. The summed E-state index contributed by atoms with van der Waals surface area (Å²) in [7, 11) is 0. The van der Waals surface area contributed by atoms with E-state index in [1.54, 1.807) is 12.1 Å². The van der Waals surface area contributed by atoms with Crippen LogP contribution in [0.25, 0.3) is 0 Å². The fourth-order valence-corrected chi connectivity index (χ4v) is 2.64. The predicted octanol–water partition coefficient (Wildman–Crippen LogP) is 3.27. The quantitative estimate of drug-likeness (QED) is 0.908. The molecule has 1 aromatic carbocycles. The topological polar surface area (TPSA) is 35.8 Å². The standard InChI is InChI=1S/C12H10BrF3N2/c13-9-1-2-10-8(5-9)3-4-11(10,6-17)18-7-12(14,15)16/h1-2,5,18H,3-4,7H2. The van der Waals surface area contributed by atoms with E-state index in [4.69, 9.17) is 0 Å². The van der Waals surface area contributed by atoms with Crippen LogP contribution in [0.2, 0.25) is 0 Å². The lowest BCUT2D eigenvalue weighted by molar-refractivity contribution is -0.127. The molecule has 18 heavy (non-hydrogen) atoms. The Balaban J connectivity index is 2.30. The molecule has 1 aliphatic carbocycles. The Labute approximate surface area is 111 Å². The Morgan fingerprint density at radius 2 is 2.17 bits per heavy atom. The first-order valence-corrected chi connectivity index (χ1v) is 6.17. The van der Waals surface area contributed by atoms with Gasteiger partial charge in [0.1, 0.15) is 5.54 Å². The van der Waals surface area contributed by atoms with Gasteiger partial charge < -0.3 is 0 Å². The lowest BCUT2D eigenvalue weighted by Gasteiger charge is -2.24. The molecule has 0 saturated heterocycles. The largest absolute Gasteiger partial charge is 0.401 e. The third-order valence-corrected chi connectivity index (χ3v) is 3.57. The van der Waals surface area contributed by atoms with Gasteiger partial charge in [-0.2, -0.15) is 18.4 Å². The van der Waals surface area contributed by atoms with Gasteiger partial charge in [-0.3, -0.25) is 5.32 Å². The Bertz CT molecular complexity index is 507. The molecular formula is C12H10BrF3N2. The molecule has 0 aromatic heterocycles. The number of aryl methyl sites for hydroxylation is 1. The minimum Gasteiger partial charge on any atom is -0.287 e. The second-order valence-electron chi connectivity index (χ2n) is 4.29. The van der Waals surface area contributed by atoms with Crippen LogP contribution in [0.4, 0.5) is 13.2 Å². The van der Waals surface area contributed by atoms with E-state index < -0.39 is 18.3 Å². The van der Waals surface area contributed by atoms with Crippen molar-refractivity contribution in [1.82, 2.24) is 5.32 Å². The second-order valence-corrected chi connectivity index (χ2v) is 5.20. The molecule has 0 amide bonds. The van der Waals surface area contributed by atoms with E-state index in [9.17, 15) is 18.4 Å². The molecule has 0 radical (unpaired) electrons. The molecule has 0 heterocycles. The third kappa shape index (κ3) is 2.52. The maximum atomic E-state index is 12.3. The lowest BCUT2D eigenvalue weighted by atomic mass is 9.93. The smallest absolute Gasteiger partial charge is 0.287 e. The Kier molecular flexibility index (Phi) is 3.39. The van der Waals surface area contributed by atoms with Crippen LogP contribution in [0.3, 0.4) is 0 Å². The maximum Gasteiger partial charge on any atom is 0.401 e. The normalized spacial score (nSPS) is 22.6. The van der Waals surface area contributed by atoms with Crippen molar-refractivity contribution >= 4 is 15.9 Å². The first kappa shape index (κ1) is 13.4. The molecule has 0 fully saturated rings. The summed E-state index contributed by atoms with van der Waals surface area (Å²) in [6.07, 6.45) is -3.35. The predicted molar refractivity (Wildman–Crippen MR) is 63.8 cm³/mol. The monoisotopic (exact) mass is 318 g/mol. The summed E-state index contributed by atoms with van der Waals surface area (Å²) in [5.41, 5.74) is 0.351. The van der Waals surface area contributed by atoms with Crippen LogP contribution >= 0.6 is 15.9 Å². The minimum absolute atomic E-state index is 0.366. The molecule has 0 bridgehead atoms. The van der Waals surface area contributed by atoms with Crippen molar-refractivity contribution < 1.29 is 13.2 Å². The maximum absolute atomic E-state index is 12.3. The number of alkyl halides is 3. The highest BCUT2D eigenvalue weighted by Gasteiger charge is 2.41. The summed E-state index contributed by atoms with van der Waals surface area (Å²) in [6, 6.07) is 7.30. The number of fused-ring (bicyclic) bond motifs is 1. The van der Waals surface area contributed by atoms with Crippen molar-refractivity contribution in [1.29, 1.82) is 5.26 Å². The molecular weight excluding hydrogens is 309 g/mol. The summed E-state index contributed by atoms with van der Waals surface area (Å²) < 4.78 is 37.7. The Morgan fingerprint density at radius 1 is 1.44 bits per heavy atom. The number of hydrogen-bond acceptors (Lipinski definition) is 2. The van der Waals surface area contributed by atoms with Crippen molar-refractivity contribution in [2.75, 3.05) is 6.54 Å². The average Bonchev–Trinajstić information content (AvgIpc) is 2.64. The molecule has 1 aliphatic rings. The summed E-state index contributed by atoms with van der Waals surface area (Å²) in [6.45, 7) is -1.16.